The standard InChI is InChI=1S/C2H2O4.3H2O.2O.U/c3-1(4)2(5)6;;;;;;/h(H,3,4)(H,5,6);3*1H2;;;/q;;;;;;+2/p-2. The van der Waals surface area contributed by atoms with Crippen LogP contribution >= 0.6 is 0 Å². The Morgan fingerprint density at radius 3 is 0.917 bits per heavy atom. The summed E-state index contributed by atoms with van der Waals surface area (Å²) in [4.78, 5) is 17.9. The van der Waals surface area contributed by atoms with Gasteiger partial charge in [-0.1, -0.05) is 0 Å². The molecular weight excluding hydrogens is 406 g/mol. The van der Waals surface area contributed by atoms with Crippen molar-refractivity contribution in [2.75, 3.05) is 0 Å². The van der Waals surface area contributed by atoms with E-state index in [2.05, 4.69) is 0 Å². The maximum atomic E-state index is 8.93. The molecule has 10 heteroatoms. The quantitative estimate of drug-likeness (QED) is 0.353. The molecule has 0 bridgehead atoms. The van der Waals surface area contributed by atoms with Crippen LogP contribution < -0.4 is 10.2 Å². The molecule has 0 saturated heterocycles. The number of carboxylic acid groups (broad SMARTS) is 2. The van der Waals surface area contributed by atoms with E-state index in [-0.39, 0.29) is 16.4 Å². The van der Waals surface area contributed by atoms with Gasteiger partial charge < -0.3 is 36.2 Å². The molecule has 0 aromatic carbocycles. The molecule has 0 aliphatic rings. The number of hydrogen-bond acceptors (Lipinski definition) is 6. The van der Waals surface area contributed by atoms with Gasteiger partial charge in [-0.15, -0.1) is 0 Å². The molecule has 0 atom stereocenters. The van der Waals surface area contributed by atoms with Gasteiger partial charge in [-0.05, 0) is 0 Å². The van der Waals surface area contributed by atoms with Crippen LogP contribution in [0, 0.1) is 27.8 Å². The van der Waals surface area contributed by atoms with Crippen LogP contribution in [0.15, 0.2) is 0 Å². The molecule has 0 spiro atoms. The average molecular weight is 412 g/mol. The summed E-state index contributed by atoms with van der Waals surface area (Å²) in [5.74, 6) is -4.37. The molecule has 0 heterocycles. The molecule has 0 amide bonds. The predicted molar refractivity (Wildman–Crippen MR) is 22.2 cm³/mol. The van der Waals surface area contributed by atoms with Gasteiger partial charge in [0.25, 0.3) is 0 Å². The molecule has 72 valence electrons. The second kappa shape index (κ2) is 22.4. The summed E-state index contributed by atoms with van der Waals surface area (Å²) < 4.78 is 17.2. The van der Waals surface area contributed by atoms with Crippen molar-refractivity contribution in [1.29, 1.82) is 0 Å². The first-order chi connectivity index (χ1) is 4.06. The third-order valence-electron chi connectivity index (χ3n) is 0.167. The zero-order valence-corrected chi connectivity index (χ0v) is 9.61. The van der Waals surface area contributed by atoms with Crippen LogP contribution in [0.4, 0.5) is 0 Å². The van der Waals surface area contributed by atoms with Gasteiger partial charge in [0.05, 0.1) is 11.9 Å². The predicted octanol–water partition coefficient (Wildman–Crippen LogP) is -6.23. The number of rotatable bonds is 0. The first-order valence-corrected chi connectivity index (χ1v) is 4.87. The van der Waals surface area contributed by atoms with Gasteiger partial charge in [0.2, 0.25) is 0 Å². The molecule has 0 aliphatic carbocycles. The van der Waals surface area contributed by atoms with Crippen molar-refractivity contribution < 1.29 is 68.5 Å². The molecule has 0 fully saturated rings. The number of hydrogen-bond donors (Lipinski definition) is 0. The van der Waals surface area contributed by atoms with Gasteiger partial charge in [0.15, 0.2) is 0 Å². The fourth-order valence-electron chi connectivity index (χ4n) is 0. The average Bonchev–Trinajstić information content (AvgIpc) is 1.68. The summed E-state index contributed by atoms with van der Waals surface area (Å²) in [6.45, 7) is 0. The zero-order valence-electron chi connectivity index (χ0n) is 5.45. The van der Waals surface area contributed by atoms with Crippen LogP contribution in [0.1, 0.15) is 0 Å². The Kier molecular flexibility index (Phi) is 56.1. The van der Waals surface area contributed by atoms with Gasteiger partial charge in [-0.2, -0.15) is 0 Å². The minimum absolute atomic E-state index is 0. The van der Waals surface area contributed by atoms with Gasteiger partial charge in [0, 0.05) is 0 Å². The Morgan fingerprint density at radius 2 is 0.917 bits per heavy atom. The number of carbonyl (C=O) groups is 2. The molecule has 0 rings (SSSR count). The second-order valence-corrected chi connectivity index (χ2v) is 1.35. The number of carboxylic acids is 2. The molecule has 12 heavy (non-hydrogen) atoms. The molecule has 6 N–H and O–H groups in total. The summed E-state index contributed by atoms with van der Waals surface area (Å²) in [6, 6.07) is 0. The minimum atomic E-state index is -2.51. The van der Waals surface area contributed by atoms with Crippen molar-refractivity contribution in [3.05, 3.63) is 0 Å². The van der Waals surface area contributed by atoms with Crippen LogP contribution in [0.2, 0.25) is 0 Å². The summed E-state index contributed by atoms with van der Waals surface area (Å²) in [6.07, 6.45) is 0. The van der Waals surface area contributed by atoms with Crippen molar-refractivity contribution in [1.82, 2.24) is 0 Å². The Hall–Kier alpha value is -0.528. The Balaban J connectivity index is -0.0000000246. The van der Waals surface area contributed by atoms with E-state index in [0.29, 0.717) is 0 Å². The Morgan fingerprint density at radius 1 is 0.833 bits per heavy atom. The number of aliphatic carboxylic acids is 2. The molecule has 0 saturated carbocycles. The van der Waals surface area contributed by atoms with E-state index in [1.807, 2.05) is 0 Å². The van der Waals surface area contributed by atoms with Crippen molar-refractivity contribution in [2.24, 2.45) is 0 Å². The molecule has 0 unspecified atom stereocenters. The third kappa shape index (κ3) is 56.4. The van der Waals surface area contributed by atoms with E-state index in [4.69, 9.17) is 24.3 Å². The summed E-state index contributed by atoms with van der Waals surface area (Å²) >= 11 is -2.51. The first kappa shape index (κ1) is 30.0. The Bertz CT molecular complexity index is 133. The molecule has 9 nitrogen and oxygen atoms in total. The van der Waals surface area contributed by atoms with Crippen LogP contribution in [0.5, 0.6) is 0 Å². The first-order valence-electron chi connectivity index (χ1n) is 1.47. The van der Waals surface area contributed by atoms with E-state index in [1.54, 1.807) is 0 Å². The van der Waals surface area contributed by atoms with E-state index in [1.165, 1.54) is 0 Å². The van der Waals surface area contributed by atoms with Crippen molar-refractivity contribution in [3.63, 3.8) is 0 Å². The van der Waals surface area contributed by atoms with E-state index in [9.17, 15) is 0 Å². The van der Waals surface area contributed by atoms with E-state index >= 15 is 0 Å². The molecule has 0 aromatic rings. The molecule has 0 aliphatic heterocycles. The monoisotopic (exact) mass is 412 g/mol. The van der Waals surface area contributed by atoms with Crippen LogP contribution in [-0.2, 0) is 14.1 Å². The SMILES string of the molecule is O.O.O.O=C([O-])C(=O)[O-].[O]=[U+2]=[O]. The fourth-order valence-corrected chi connectivity index (χ4v) is 0. The zero-order chi connectivity index (χ0) is 7.86. The van der Waals surface area contributed by atoms with Crippen LogP contribution in [0.25, 0.3) is 0 Å². The van der Waals surface area contributed by atoms with Crippen molar-refractivity contribution in [3.8, 4) is 0 Å². The normalized spacial score (nSPS) is 4.33. The van der Waals surface area contributed by atoms with Crippen molar-refractivity contribution >= 4 is 11.9 Å². The van der Waals surface area contributed by atoms with Crippen LogP contribution in [0.3, 0.4) is 0 Å². The summed E-state index contributed by atoms with van der Waals surface area (Å²) in [5, 5.41) is 17.9. The third-order valence-corrected chi connectivity index (χ3v) is 0.167. The molecule has 0 aromatic heterocycles. The fraction of sp³-hybridized carbons (Fsp3) is 0. The van der Waals surface area contributed by atoms with Gasteiger partial charge in [-0.3, -0.25) is 0 Å². The topological polar surface area (TPSA) is 209 Å². The number of carbonyl (C=O) groups excluding carboxylic acids is 2. The van der Waals surface area contributed by atoms with Crippen molar-refractivity contribution in [2.45, 2.75) is 0 Å². The van der Waals surface area contributed by atoms with E-state index in [0.717, 1.165) is 0 Å². The van der Waals surface area contributed by atoms with Crippen LogP contribution in [-0.4, -0.2) is 28.4 Å². The summed E-state index contributed by atoms with van der Waals surface area (Å²) in [5.41, 5.74) is 0. The maximum absolute atomic E-state index is 8.93. The van der Waals surface area contributed by atoms with Gasteiger partial charge >= 0.3 is 32.3 Å². The molecule has 0 radical (unpaired) electrons. The summed E-state index contributed by atoms with van der Waals surface area (Å²) in [7, 11) is 0. The van der Waals surface area contributed by atoms with Gasteiger partial charge in [-0.25, -0.2) is 0 Å². The second-order valence-electron chi connectivity index (χ2n) is 0.658. The van der Waals surface area contributed by atoms with E-state index < -0.39 is 39.8 Å². The Labute approximate surface area is 80.5 Å². The molecular formula is C2H6O9U. The van der Waals surface area contributed by atoms with Gasteiger partial charge in [0.1, 0.15) is 0 Å².